The van der Waals surface area contributed by atoms with Crippen LogP contribution in [0.1, 0.15) is 53.4 Å². The van der Waals surface area contributed by atoms with Gasteiger partial charge >= 0.3 is 0 Å². The normalized spacial score (nSPS) is 49.7. The fraction of sp³-hybridized carbons (Fsp3) is 0.739. The number of aliphatic hydroxyl groups is 2. The summed E-state index contributed by atoms with van der Waals surface area (Å²) < 4.78 is 0. The molecule has 4 aliphatic carbocycles. The van der Waals surface area contributed by atoms with E-state index in [0.717, 1.165) is 18.4 Å². The van der Waals surface area contributed by atoms with Gasteiger partial charge in [-0.1, -0.05) is 32.4 Å². The quantitative estimate of drug-likeness (QED) is 0.781. The second-order valence-electron chi connectivity index (χ2n) is 9.95. The maximum Gasteiger partial charge on any atom is 0.178 e. The smallest absolute Gasteiger partial charge is 0.178 e. The molecule has 3 fully saturated rings. The van der Waals surface area contributed by atoms with Gasteiger partial charge in [0.2, 0.25) is 0 Å². The van der Waals surface area contributed by atoms with Gasteiger partial charge in [-0.15, -0.1) is 0 Å². The number of Topliss-reactive ketones (excluding diaryl/α,β-unsaturated/α-hetero) is 1. The summed E-state index contributed by atoms with van der Waals surface area (Å²) >= 11 is 0. The van der Waals surface area contributed by atoms with E-state index in [2.05, 4.69) is 13.8 Å². The van der Waals surface area contributed by atoms with E-state index in [-0.39, 0.29) is 52.0 Å². The number of allylic oxidation sites excluding steroid dienone is 3. The van der Waals surface area contributed by atoms with Gasteiger partial charge < -0.3 is 10.2 Å². The van der Waals surface area contributed by atoms with Gasteiger partial charge in [0.1, 0.15) is 5.78 Å². The highest BCUT2D eigenvalue weighted by molar-refractivity contribution is 6.01. The molecule has 0 heterocycles. The Morgan fingerprint density at radius 3 is 2.59 bits per heavy atom. The maximum absolute atomic E-state index is 12.1. The van der Waals surface area contributed by atoms with Crippen molar-refractivity contribution < 1.29 is 19.8 Å². The lowest BCUT2D eigenvalue weighted by atomic mass is 9.45. The molecule has 0 amide bonds. The lowest BCUT2D eigenvalue weighted by Crippen LogP contribution is -2.60. The second-order valence-corrected chi connectivity index (χ2v) is 9.95. The Kier molecular flexibility index (Phi) is 4.32. The third-order valence-electron chi connectivity index (χ3n) is 9.00. The van der Waals surface area contributed by atoms with E-state index >= 15 is 0 Å². The first-order chi connectivity index (χ1) is 12.6. The molecule has 0 unspecified atom stereocenters. The SMILES string of the molecule is CC(=O)[C@@H](C)[C@H]1CC[C@H]2[C@@H]3[C@H](O)CC4=CC(=O)C=C[C@]4(C)[C@H]3C[C@H](O)[C@]12C. The van der Waals surface area contributed by atoms with Crippen molar-refractivity contribution in [1.82, 2.24) is 0 Å². The fourth-order valence-electron chi connectivity index (χ4n) is 7.28. The van der Waals surface area contributed by atoms with Crippen LogP contribution in [-0.4, -0.2) is 34.0 Å². The van der Waals surface area contributed by atoms with E-state index in [4.69, 9.17) is 0 Å². The fourth-order valence-corrected chi connectivity index (χ4v) is 7.28. The van der Waals surface area contributed by atoms with E-state index in [9.17, 15) is 19.8 Å². The van der Waals surface area contributed by atoms with Crippen molar-refractivity contribution in [2.24, 2.45) is 40.4 Å². The van der Waals surface area contributed by atoms with Crippen LogP contribution in [0.25, 0.3) is 0 Å². The lowest BCUT2D eigenvalue weighted by Gasteiger charge is -2.60. The minimum absolute atomic E-state index is 0.00876. The summed E-state index contributed by atoms with van der Waals surface area (Å²) in [6, 6.07) is 0. The number of hydrogen-bond donors (Lipinski definition) is 2. The highest BCUT2D eigenvalue weighted by Crippen LogP contribution is 2.66. The predicted octanol–water partition coefficient (Wildman–Crippen LogP) is 3.08. The molecule has 0 bridgehead atoms. The number of ketones is 2. The third kappa shape index (κ3) is 2.49. The molecule has 4 nitrogen and oxygen atoms in total. The predicted molar refractivity (Wildman–Crippen MR) is 103 cm³/mol. The van der Waals surface area contributed by atoms with E-state index in [1.165, 1.54) is 0 Å². The number of aliphatic hydroxyl groups excluding tert-OH is 2. The van der Waals surface area contributed by atoms with E-state index in [1.54, 1.807) is 19.1 Å². The van der Waals surface area contributed by atoms with Crippen molar-refractivity contribution in [1.29, 1.82) is 0 Å². The molecule has 0 saturated heterocycles. The van der Waals surface area contributed by atoms with Crippen LogP contribution in [0, 0.1) is 40.4 Å². The molecule has 0 aliphatic heterocycles. The van der Waals surface area contributed by atoms with Crippen LogP contribution in [-0.2, 0) is 9.59 Å². The average molecular weight is 373 g/mol. The van der Waals surface area contributed by atoms with Crippen LogP contribution in [0.3, 0.4) is 0 Å². The van der Waals surface area contributed by atoms with Crippen LogP contribution in [0.2, 0.25) is 0 Å². The topological polar surface area (TPSA) is 74.6 Å². The zero-order valence-electron chi connectivity index (χ0n) is 16.8. The summed E-state index contributed by atoms with van der Waals surface area (Å²) in [6.45, 7) is 7.95. The first kappa shape index (κ1) is 19.1. The summed E-state index contributed by atoms with van der Waals surface area (Å²) in [6.07, 6.45) is 7.39. The molecule has 0 spiro atoms. The molecular weight excluding hydrogens is 340 g/mol. The Morgan fingerprint density at radius 2 is 1.93 bits per heavy atom. The Labute approximate surface area is 161 Å². The second kappa shape index (κ2) is 6.12. The van der Waals surface area contributed by atoms with Crippen molar-refractivity contribution in [3.8, 4) is 0 Å². The Hall–Kier alpha value is -1.26. The van der Waals surface area contributed by atoms with Gasteiger partial charge in [0.05, 0.1) is 12.2 Å². The van der Waals surface area contributed by atoms with Crippen LogP contribution in [0.4, 0.5) is 0 Å². The summed E-state index contributed by atoms with van der Waals surface area (Å²) in [7, 11) is 0. The average Bonchev–Trinajstić information content (AvgIpc) is 2.95. The molecule has 0 aromatic carbocycles. The third-order valence-corrected chi connectivity index (χ3v) is 9.00. The van der Waals surface area contributed by atoms with Crippen LogP contribution in [0.15, 0.2) is 23.8 Å². The Morgan fingerprint density at radius 1 is 1.22 bits per heavy atom. The molecule has 3 saturated carbocycles. The molecule has 148 valence electrons. The van der Waals surface area contributed by atoms with E-state index < -0.39 is 12.2 Å². The Bertz CT molecular complexity index is 737. The minimum atomic E-state index is -0.493. The first-order valence-corrected chi connectivity index (χ1v) is 10.4. The van der Waals surface area contributed by atoms with Crippen molar-refractivity contribution in [3.05, 3.63) is 23.8 Å². The van der Waals surface area contributed by atoms with Gasteiger partial charge in [-0.05, 0) is 68.4 Å². The van der Waals surface area contributed by atoms with Crippen LogP contribution in [0.5, 0.6) is 0 Å². The number of fused-ring (bicyclic) bond motifs is 5. The highest BCUT2D eigenvalue weighted by atomic mass is 16.3. The summed E-state index contributed by atoms with van der Waals surface area (Å²) in [5, 5.41) is 22.4. The minimum Gasteiger partial charge on any atom is -0.393 e. The largest absolute Gasteiger partial charge is 0.393 e. The summed E-state index contributed by atoms with van der Waals surface area (Å²) in [4.78, 5) is 24.0. The van der Waals surface area contributed by atoms with Gasteiger partial charge in [0.25, 0.3) is 0 Å². The molecule has 4 heteroatoms. The molecule has 0 radical (unpaired) electrons. The molecule has 27 heavy (non-hydrogen) atoms. The van der Waals surface area contributed by atoms with Crippen molar-refractivity contribution >= 4 is 11.6 Å². The van der Waals surface area contributed by atoms with Gasteiger partial charge in [-0.3, -0.25) is 9.59 Å². The highest BCUT2D eigenvalue weighted by Gasteiger charge is 2.64. The van der Waals surface area contributed by atoms with Gasteiger partial charge in [0, 0.05) is 16.7 Å². The van der Waals surface area contributed by atoms with Crippen LogP contribution < -0.4 is 0 Å². The first-order valence-electron chi connectivity index (χ1n) is 10.4. The van der Waals surface area contributed by atoms with E-state index in [0.29, 0.717) is 12.8 Å². The lowest BCUT2D eigenvalue weighted by molar-refractivity contribution is -0.161. The van der Waals surface area contributed by atoms with Gasteiger partial charge in [-0.25, -0.2) is 0 Å². The number of rotatable bonds is 2. The van der Waals surface area contributed by atoms with Crippen LogP contribution >= 0.6 is 0 Å². The zero-order chi connectivity index (χ0) is 19.7. The maximum atomic E-state index is 12.1. The van der Waals surface area contributed by atoms with E-state index in [1.807, 2.05) is 13.0 Å². The number of carbonyl (C=O) groups is 2. The number of carbonyl (C=O) groups excluding carboxylic acids is 2. The molecule has 4 rings (SSSR count). The summed E-state index contributed by atoms with van der Waals surface area (Å²) in [5.41, 5.74) is 0.398. The molecule has 0 aromatic heterocycles. The monoisotopic (exact) mass is 372 g/mol. The molecule has 4 aliphatic rings. The molecule has 2 N–H and O–H groups in total. The molecule has 0 aromatic rings. The zero-order valence-corrected chi connectivity index (χ0v) is 16.8. The van der Waals surface area contributed by atoms with Gasteiger partial charge in [-0.2, -0.15) is 0 Å². The molecular formula is C23H32O4. The van der Waals surface area contributed by atoms with Crippen molar-refractivity contribution in [2.45, 2.75) is 65.6 Å². The van der Waals surface area contributed by atoms with Crippen molar-refractivity contribution in [3.63, 3.8) is 0 Å². The van der Waals surface area contributed by atoms with Gasteiger partial charge in [0.15, 0.2) is 5.78 Å². The Balaban J connectivity index is 1.74. The number of hydrogen-bond acceptors (Lipinski definition) is 4. The van der Waals surface area contributed by atoms with Crippen molar-refractivity contribution in [2.75, 3.05) is 0 Å². The summed E-state index contributed by atoms with van der Waals surface area (Å²) in [5.74, 6) is 0.703. The molecule has 9 atom stereocenters. The standard InChI is InChI=1S/C23H32O4/c1-12(13(2)24)16-5-6-17-21-18(11-20(27)23(16,17)4)22(3)8-7-15(25)9-14(22)10-19(21)26/h7-9,12,16-21,26-27H,5-6,10-11H2,1-4H3/t12-,16-,17+,18+,19-,20+,21+,22+,23-/m1/s1.